The number of carbonyl (C=O) groups excluding carboxylic acids is 2. The smallest absolute Gasteiger partial charge is 0.350 e. The highest BCUT2D eigenvalue weighted by Gasteiger charge is 2.38. The van der Waals surface area contributed by atoms with E-state index in [4.69, 9.17) is 14.2 Å². The van der Waals surface area contributed by atoms with Crippen molar-refractivity contribution in [3.05, 3.63) is 71.7 Å². The Labute approximate surface area is 155 Å². The van der Waals surface area contributed by atoms with E-state index in [1.54, 1.807) is 36.4 Å². The Morgan fingerprint density at radius 2 is 1.74 bits per heavy atom. The quantitative estimate of drug-likeness (QED) is 0.492. The SMILES string of the molecule is CC1(C)OC(=O)C(=CNc2ccc(OCc3cccc(F)c3)cc2)C(=O)O1. The molecule has 0 aliphatic carbocycles. The van der Waals surface area contributed by atoms with Crippen molar-refractivity contribution in [1.29, 1.82) is 0 Å². The summed E-state index contributed by atoms with van der Waals surface area (Å²) >= 11 is 0. The highest BCUT2D eigenvalue weighted by Crippen LogP contribution is 2.23. The van der Waals surface area contributed by atoms with Gasteiger partial charge in [-0.1, -0.05) is 12.1 Å². The van der Waals surface area contributed by atoms with Crippen molar-refractivity contribution in [3.8, 4) is 5.75 Å². The molecule has 1 N–H and O–H groups in total. The molecule has 6 nitrogen and oxygen atoms in total. The third kappa shape index (κ3) is 4.84. The second-order valence-electron chi connectivity index (χ2n) is 6.32. The number of nitrogens with one attached hydrogen (secondary N) is 1. The zero-order valence-corrected chi connectivity index (χ0v) is 14.8. The number of anilines is 1. The molecule has 140 valence electrons. The van der Waals surface area contributed by atoms with E-state index >= 15 is 0 Å². The number of ether oxygens (including phenoxy) is 3. The van der Waals surface area contributed by atoms with Gasteiger partial charge in [-0.2, -0.15) is 0 Å². The second-order valence-corrected chi connectivity index (χ2v) is 6.32. The standard InChI is InChI=1S/C20H18FNO5/c1-20(2)26-18(23)17(19(24)27-20)11-22-15-6-8-16(9-7-15)25-12-13-4-3-5-14(21)10-13/h3-11,22H,12H2,1-2H3. The molecule has 2 aromatic rings. The maximum absolute atomic E-state index is 13.1. The largest absolute Gasteiger partial charge is 0.489 e. The maximum Gasteiger partial charge on any atom is 0.350 e. The molecule has 1 heterocycles. The van der Waals surface area contributed by atoms with Crippen molar-refractivity contribution < 1.29 is 28.2 Å². The molecule has 3 rings (SSSR count). The van der Waals surface area contributed by atoms with E-state index in [2.05, 4.69) is 5.32 Å². The minimum absolute atomic E-state index is 0.222. The lowest BCUT2D eigenvalue weighted by Gasteiger charge is -2.29. The molecule has 1 fully saturated rings. The van der Waals surface area contributed by atoms with Gasteiger partial charge in [0.25, 0.3) is 5.79 Å². The molecule has 0 aromatic heterocycles. The van der Waals surface area contributed by atoms with E-state index in [0.717, 1.165) is 5.56 Å². The van der Waals surface area contributed by atoms with Crippen molar-refractivity contribution >= 4 is 17.6 Å². The van der Waals surface area contributed by atoms with Crippen molar-refractivity contribution in [2.45, 2.75) is 26.2 Å². The molecule has 1 saturated heterocycles. The molecule has 0 radical (unpaired) electrons. The van der Waals surface area contributed by atoms with Crippen LogP contribution in [0.1, 0.15) is 19.4 Å². The summed E-state index contributed by atoms with van der Waals surface area (Å²) in [6.07, 6.45) is 1.24. The Bertz CT molecular complexity index is 868. The first-order chi connectivity index (χ1) is 12.8. The average Bonchev–Trinajstić information content (AvgIpc) is 2.59. The van der Waals surface area contributed by atoms with Gasteiger partial charge in [-0.05, 0) is 42.0 Å². The molecule has 0 saturated carbocycles. The highest BCUT2D eigenvalue weighted by atomic mass is 19.1. The first-order valence-corrected chi connectivity index (χ1v) is 8.23. The van der Waals surface area contributed by atoms with E-state index in [1.165, 1.54) is 32.2 Å². The lowest BCUT2D eigenvalue weighted by Crippen LogP contribution is -2.42. The Kier molecular flexibility index (Phi) is 5.12. The van der Waals surface area contributed by atoms with Gasteiger partial charge >= 0.3 is 11.9 Å². The Morgan fingerprint density at radius 1 is 1.07 bits per heavy atom. The average molecular weight is 371 g/mol. The predicted molar refractivity (Wildman–Crippen MR) is 95.1 cm³/mol. The summed E-state index contributed by atoms with van der Waals surface area (Å²) in [5.74, 6) is -2.49. The fraction of sp³-hybridized carbons (Fsp3) is 0.200. The number of benzene rings is 2. The second kappa shape index (κ2) is 7.49. The van der Waals surface area contributed by atoms with Gasteiger partial charge < -0.3 is 19.5 Å². The summed E-state index contributed by atoms with van der Waals surface area (Å²) in [7, 11) is 0. The number of carbonyl (C=O) groups is 2. The van der Waals surface area contributed by atoms with E-state index in [0.29, 0.717) is 11.4 Å². The summed E-state index contributed by atoms with van der Waals surface area (Å²) < 4.78 is 28.8. The number of halogens is 1. The van der Waals surface area contributed by atoms with Gasteiger partial charge in [-0.15, -0.1) is 0 Å². The monoisotopic (exact) mass is 371 g/mol. The molecule has 27 heavy (non-hydrogen) atoms. The third-order valence-electron chi connectivity index (χ3n) is 3.65. The van der Waals surface area contributed by atoms with Gasteiger partial charge in [-0.3, -0.25) is 0 Å². The van der Waals surface area contributed by atoms with Crippen LogP contribution in [0.3, 0.4) is 0 Å². The topological polar surface area (TPSA) is 73.9 Å². The number of hydrogen-bond donors (Lipinski definition) is 1. The van der Waals surface area contributed by atoms with Crippen LogP contribution in [-0.2, 0) is 25.7 Å². The number of hydrogen-bond acceptors (Lipinski definition) is 6. The maximum atomic E-state index is 13.1. The molecule has 0 atom stereocenters. The zero-order valence-electron chi connectivity index (χ0n) is 14.8. The Morgan fingerprint density at radius 3 is 2.37 bits per heavy atom. The van der Waals surface area contributed by atoms with Crippen LogP contribution >= 0.6 is 0 Å². The van der Waals surface area contributed by atoms with Crippen LogP contribution in [0.25, 0.3) is 0 Å². The third-order valence-corrected chi connectivity index (χ3v) is 3.65. The van der Waals surface area contributed by atoms with Gasteiger partial charge in [0.1, 0.15) is 18.2 Å². The van der Waals surface area contributed by atoms with Crippen LogP contribution in [0.2, 0.25) is 0 Å². The van der Waals surface area contributed by atoms with E-state index in [-0.39, 0.29) is 18.0 Å². The molecular formula is C20H18FNO5. The van der Waals surface area contributed by atoms with Gasteiger partial charge in [0, 0.05) is 25.7 Å². The van der Waals surface area contributed by atoms with Crippen molar-refractivity contribution in [1.82, 2.24) is 0 Å². The molecule has 0 bridgehead atoms. The van der Waals surface area contributed by atoms with Gasteiger partial charge in [0.2, 0.25) is 0 Å². The molecule has 7 heteroatoms. The minimum atomic E-state index is -1.27. The predicted octanol–water partition coefficient (Wildman–Crippen LogP) is 3.54. The van der Waals surface area contributed by atoms with Crippen molar-refractivity contribution in [3.63, 3.8) is 0 Å². The van der Waals surface area contributed by atoms with Crippen LogP contribution in [0.5, 0.6) is 5.75 Å². The summed E-state index contributed by atoms with van der Waals surface area (Å²) in [6, 6.07) is 13.0. The van der Waals surface area contributed by atoms with Crippen LogP contribution in [0.15, 0.2) is 60.3 Å². The van der Waals surface area contributed by atoms with Crippen LogP contribution in [0, 0.1) is 5.82 Å². The Hall–Kier alpha value is -3.35. The molecule has 0 unspecified atom stereocenters. The summed E-state index contributed by atoms with van der Waals surface area (Å²) in [6.45, 7) is 3.20. The number of esters is 2. The zero-order chi connectivity index (χ0) is 19.4. The summed E-state index contributed by atoms with van der Waals surface area (Å²) in [4.78, 5) is 23.7. The molecule has 1 aliphatic heterocycles. The van der Waals surface area contributed by atoms with Crippen LogP contribution in [0.4, 0.5) is 10.1 Å². The van der Waals surface area contributed by atoms with Gasteiger partial charge in [0.15, 0.2) is 5.57 Å². The van der Waals surface area contributed by atoms with Crippen molar-refractivity contribution in [2.75, 3.05) is 5.32 Å². The van der Waals surface area contributed by atoms with E-state index in [9.17, 15) is 14.0 Å². The molecular weight excluding hydrogens is 353 g/mol. The van der Waals surface area contributed by atoms with E-state index < -0.39 is 17.7 Å². The summed E-state index contributed by atoms with van der Waals surface area (Å²) in [5, 5.41) is 2.84. The van der Waals surface area contributed by atoms with Crippen molar-refractivity contribution in [2.24, 2.45) is 0 Å². The fourth-order valence-electron chi connectivity index (χ4n) is 2.37. The Balaban J connectivity index is 1.59. The lowest BCUT2D eigenvalue weighted by molar-refractivity contribution is -0.222. The van der Waals surface area contributed by atoms with Crippen LogP contribution < -0.4 is 10.1 Å². The van der Waals surface area contributed by atoms with Gasteiger partial charge in [-0.25, -0.2) is 14.0 Å². The number of rotatable bonds is 5. The fourth-order valence-corrected chi connectivity index (χ4v) is 2.37. The first-order valence-electron chi connectivity index (χ1n) is 8.23. The van der Waals surface area contributed by atoms with E-state index in [1.807, 2.05) is 0 Å². The molecule has 0 spiro atoms. The lowest BCUT2D eigenvalue weighted by atomic mass is 10.2. The van der Waals surface area contributed by atoms with Gasteiger partial charge in [0.05, 0.1) is 0 Å². The normalized spacial score (nSPS) is 15.6. The summed E-state index contributed by atoms with van der Waals surface area (Å²) in [5.41, 5.74) is 1.13. The highest BCUT2D eigenvalue weighted by molar-refractivity contribution is 6.15. The van der Waals surface area contributed by atoms with Crippen LogP contribution in [-0.4, -0.2) is 17.7 Å². The molecule has 2 aromatic carbocycles. The first kappa shape index (κ1) is 18.4. The molecule has 1 aliphatic rings. The molecule has 0 amide bonds. The number of cyclic esters (lactones) is 2. The minimum Gasteiger partial charge on any atom is -0.489 e.